The van der Waals surface area contributed by atoms with Gasteiger partial charge in [0.25, 0.3) is 0 Å². The predicted octanol–water partition coefficient (Wildman–Crippen LogP) is 6.29. The number of carbonyl (C=O) groups is 1. The summed E-state index contributed by atoms with van der Waals surface area (Å²) < 4.78 is 4.34. The Morgan fingerprint density at radius 1 is 1.12 bits per heavy atom. The molecule has 3 heterocycles. The Labute approximate surface area is 211 Å². The Morgan fingerprint density at radius 2 is 1.91 bits per heavy atom. The number of benzene rings is 1. The number of hydrogen-bond acceptors (Lipinski definition) is 8. The average Bonchev–Trinajstić information content (AvgIpc) is 3.53. The topological polar surface area (TPSA) is 80.7 Å². The smallest absolute Gasteiger partial charge is 0.241 e. The molecular weight excluding hydrogens is 483 g/mol. The lowest BCUT2D eigenvalue weighted by Crippen LogP contribution is -2.15. The van der Waals surface area contributed by atoms with Crippen molar-refractivity contribution in [2.24, 2.45) is 0 Å². The summed E-state index contributed by atoms with van der Waals surface area (Å²) in [5.74, 6) is 1.31. The third kappa shape index (κ3) is 4.74. The van der Waals surface area contributed by atoms with Crippen LogP contribution in [-0.2, 0) is 29.5 Å². The zero-order valence-electron chi connectivity index (χ0n) is 19.8. The molecule has 0 fully saturated rings. The molecule has 1 amide bonds. The normalized spacial score (nSPS) is 13.4. The molecule has 3 aromatic heterocycles. The van der Waals surface area contributed by atoms with Crippen molar-refractivity contribution in [3.8, 4) is 10.6 Å². The van der Waals surface area contributed by atoms with Gasteiger partial charge in [0.1, 0.15) is 20.7 Å². The Kier molecular flexibility index (Phi) is 6.43. The number of rotatable bonds is 6. The van der Waals surface area contributed by atoms with Gasteiger partial charge in [0.05, 0.1) is 5.75 Å². The fourth-order valence-electron chi connectivity index (χ4n) is 4.07. The fraction of sp³-hybridized carbons (Fsp3) is 0.400. The fourth-order valence-corrected chi connectivity index (χ4v) is 6.91. The first-order valence-corrected chi connectivity index (χ1v) is 14.1. The van der Waals surface area contributed by atoms with Crippen LogP contribution in [0.25, 0.3) is 20.8 Å². The highest BCUT2D eigenvalue weighted by Gasteiger charge is 2.23. The molecule has 0 radical (unpaired) electrons. The van der Waals surface area contributed by atoms with Crippen LogP contribution in [0, 0.1) is 0 Å². The van der Waals surface area contributed by atoms with Gasteiger partial charge in [-0.15, -0.1) is 11.3 Å². The summed E-state index contributed by atoms with van der Waals surface area (Å²) in [6, 6.07) is 8.38. The maximum absolute atomic E-state index is 12.7. The second-order valence-corrected chi connectivity index (χ2v) is 12.2. The molecule has 1 N–H and O–H groups in total. The number of aryl methyl sites for hydroxylation is 3. The summed E-state index contributed by atoms with van der Waals surface area (Å²) in [5, 5.41) is 5.71. The Morgan fingerprint density at radius 3 is 2.65 bits per heavy atom. The van der Waals surface area contributed by atoms with Crippen LogP contribution in [0.15, 0.2) is 29.3 Å². The molecule has 0 aliphatic heterocycles. The number of thioether (sulfide) groups is 1. The summed E-state index contributed by atoms with van der Waals surface area (Å²) >= 11 is 4.55. The third-order valence-corrected chi connectivity index (χ3v) is 8.83. The monoisotopic (exact) mass is 509 g/mol. The molecule has 1 aliphatic rings. The van der Waals surface area contributed by atoms with Crippen molar-refractivity contribution in [1.82, 2.24) is 19.3 Å². The van der Waals surface area contributed by atoms with Crippen molar-refractivity contribution in [1.29, 1.82) is 0 Å². The molecule has 0 unspecified atom stereocenters. The Hall–Kier alpha value is -2.36. The van der Waals surface area contributed by atoms with Gasteiger partial charge < -0.3 is 0 Å². The van der Waals surface area contributed by atoms with Gasteiger partial charge in [0.2, 0.25) is 11.9 Å². The van der Waals surface area contributed by atoms with Crippen molar-refractivity contribution in [3.05, 3.63) is 46.1 Å². The van der Waals surface area contributed by atoms with Crippen molar-refractivity contribution in [2.75, 3.05) is 11.1 Å². The molecule has 0 spiro atoms. The minimum Gasteiger partial charge on any atom is -0.293 e. The molecule has 1 aromatic carbocycles. The maximum atomic E-state index is 12.7. The SMILES string of the molecule is CCc1nc(SCC(=O)Nc2nsc(-c3ccc(C(C)(C)C)cc3)n2)c2c3c(sc2n1)CCC3. The van der Waals surface area contributed by atoms with E-state index in [2.05, 4.69) is 66.6 Å². The molecule has 0 saturated heterocycles. The van der Waals surface area contributed by atoms with Crippen molar-refractivity contribution >= 4 is 56.7 Å². The number of nitrogens with one attached hydrogen (secondary N) is 1. The molecule has 9 heteroatoms. The van der Waals surface area contributed by atoms with Crippen LogP contribution in [-0.4, -0.2) is 31.0 Å². The Balaban J connectivity index is 1.27. The van der Waals surface area contributed by atoms with Crippen LogP contribution in [0.4, 0.5) is 5.95 Å². The van der Waals surface area contributed by atoms with E-state index in [9.17, 15) is 4.79 Å². The standard InChI is InChI=1S/C25H27N5OS3/c1-5-18-26-22(20-16-7-6-8-17(16)33-23(20)27-18)32-13-19(31)28-24-29-21(34-30-24)14-9-11-15(12-10-14)25(2,3)4/h9-12H,5-8,13H2,1-4H3,(H,28,30,31). The van der Waals surface area contributed by atoms with Crippen molar-refractivity contribution < 1.29 is 4.79 Å². The molecule has 6 nitrogen and oxygen atoms in total. The first-order chi connectivity index (χ1) is 16.3. The maximum Gasteiger partial charge on any atom is 0.241 e. The molecule has 0 saturated carbocycles. The molecule has 5 rings (SSSR count). The average molecular weight is 510 g/mol. The number of thiophene rings is 1. The van der Waals surface area contributed by atoms with Gasteiger partial charge in [0.15, 0.2) is 0 Å². The van der Waals surface area contributed by atoms with Gasteiger partial charge in [-0.3, -0.25) is 10.1 Å². The summed E-state index contributed by atoms with van der Waals surface area (Å²) in [5.41, 5.74) is 3.76. The second kappa shape index (κ2) is 9.36. The summed E-state index contributed by atoms with van der Waals surface area (Å²) in [4.78, 5) is 29.2. The van der Waals surface area contributed by atoms with Gasteiger partial charge in [-0.25, -0.2) is 9.97 Å². The largest absolute Gasteiger partial charge is 0.293 e. The summed E-state index contributed by atoms with van der Waals surface area (Å²) in [6.45, 7) is 8.64. The highest BCUT2D eigenvalue weighted by molar-refractivity contribution is 8.00. The van der Waals surface area contributed by atoms with Gasteiger partial charge in [-0.1, -0.05) is 63.7 Å². The highest BCUT2D eigenvalue weighted by atomic mass is 32.2. The molecule has 0 atom stereocenters. The lowest BCUT2D eigenvalue weighted by Gasteiger charge is -2.18. The quantitative estimate of drug-likeness (QED) is 0.243. The van der Waals surface area contributed by atoms with Crippen molar-refractivity contribution in [2.45, 2.75) is 63.8 Å². The van der Waals surface area contributed by atoms with Crippen LogP contribution in [0.2, 0.25) is 0 Å². The zero-order valence-corrected chi connectivity index (χ0v) is 22.2. The van der Waals surface area contributed by atoms with Crippen LogP contribution in [0.5, 0.6) is 0 Å². The van der Waals surface area contributed by atoms with Crippen LogP contribution in [0.3, 0.4) is 0 Å². The number of nitrogens with zero attached hydrogens (tertiary/aromatic N) is 4. The van der Waals surface area contributed by atoms with E-state index in [1.54, 1.807) is 11.3 Å². The number of anilines is 1. The minimum atomic E-state index is -0.130. The van der Waals surface area contributed by atoms with E-state index >= 15 is 0 Å². The predicted molar refractivity (Wildman–Crippen MR) is 142 cm³/mol. The minimum absolute atomic E-state index is 0.104. The third-order valence-electron chi connectivity index (χ3n) is 5.91. The van der Waals surface area contributed by atoms with Gasteiger partial charge in [0, 0.05) is 22.2 Å². The van der Waals surface area contributed by atoms with Gasteiger partial charge in [-0.05, 0) is 47.3 Å². The van der Waals surface area contributed by atoms with Gasteiger partial charge in [-0.2, -0.15) is 9.36 Å². The van der Waals surface area contributed by atoms with Crippen LogP contribution < -0.4 is 5.32 Å². The number of aromatic nitrogens is 4. The Bertz CT molecular complexity index is 1350. The van der Waals surface area contributed by atoms with E-state index in [-0.39, 0.29) is 17.1 Å². The number of amides is 1. The molecule has 4 aromatic rings. The molecule has 1 aliphatic carbocycles. The number of hydrogen-bond donors (Lipinski definition) is 1. The number of fused-ring (bicyclic) bond motifs is 3. The summed E-state index contributed by atoms with van der Waals surface area (Å²) in [6.07, 6.45) is 4.17. The van der Waals surface area contributed by atoms with E-state index in [0.717, 1.165) is 50.9 Å². The zero-order chi connectivity index (χ0) is 23.9. The molecular formula is C25H27N5OS3. The lowest BCUT2D eigenvalue weighted by atomic mass is 9.87. The first-order valence-electron chi connectivity index (χ1n) is 11.5. The molecule has 0 bridgehead atoms. The van der Waals surface area contributed by atoms with E-state index < -0.39 is 0 Å². The molecule has 34 heavy (non-hydrogen) atoms. The van der Waals surface area contributed by atoms with E-state index in [1.165, 1.54) is 45.7 Å². The highest BCUT2D eigenvalue weighted by Crippen LogP contribution is 2.40. The van der Waals surface area contributed by atoms with E-state index in [0.29, 0.717) is 5.95 Å². The number of carbonyl (C=O) groups excluding carboxylic acids is 1. The lowest BCUT2D eigenvalue weighted by molar-refractivity contribution is -0.113. The van der Waals surface area contributed by atoms with E-state index in [1.807, 2.05) is 0 Å². The molecule has 176 valence electrons. The summed E-state index contributed by atoms with van der Waals surface area (Å²) in [7, 11) is 0. The van der Waals surface area contributed by atoms with Crippen LogP contribution in [0.1, 0.15) is 55.9 Å². The van der Waals surface area contributed by atoms with E-state index in [4.69, 9.17) is 9.97 Å². The van der Waals surface area contributed by atoms with Crippen molar-refractivity contribution in [3.63, 3.8) is 0 Å². The van der Waals surface area contributed by atoms with Gasteiger partial charge >= 0.3 is 0 Å². The van der Waals surface area contributed by atoms with Crippen LogP contribution >= 0.6 is 34.6 Å². The second-order valence-electron chi connectivity index (χ2n) is 9.42. The first kappa shape index (κ1) is 23.4.